The Balaban J connectivity index is 2.18. The van der Waals surface area contributed by atoms with Crippen LogP contribution >= 0.6 is 34.2 Å². The maximum absolute atomic E-state index is 6.23. The van der Waals surface area contributed by atoms with Gasteiger partial charge in [-0.05, 0) is 60.3 Å². The molecule has 0 amide bonds. The van der Waals surface area contributed by atoms with E-state index in [4.69, 9.17) is 16.3 Å². The van der Waals surface area contributed by atoms with Crippen molar-refractivity contribution in [2.24, 2.45) is 0 Å². The number of nitrogens with zero attached hydrogens (tertiary/aromatic N) is 1. The van der Waals surface area contributed by atoms with Gasteiger partial charge in [-0.1, -0.05) is 18.5 Å². The zero-order valence-corrected chi connectivity index (χ0v) is 13.7. The van der Waals surface area contributed by atoms with Crippen molar-refractivity contribution >= 4 is 45.1 Å². The summed E-state index contributed by atoms with van der Waals surface area (Å²) >= 11 is 8.46. The number of hydrogen-bond donors (Lipinski definition) is 1. The average molecular weight is 391 g/mol. The van der Waals surface area contributed by atoms with E-state index in [0.717, 1.165) is 39.7 Å². The summed E-state index contributed by atoms with van der Waals surface area (Å²) in [6.45, 7) is 4.73. The van der Waals surface area contributed by atoms with Gasteiger partial charge in [-0.15, -0.1) is 0 Å². The molecule has 1 aromatic carbocycles. The lowest BCUT2D eigenvalue weighted by Gasteiger charge is -2.12. The Bertz CT molecular complexity index is 562. The highest BCUT2D eigenvalue weighted by Crippen LogP contribution is 2.34. The van der Waals surface area contributed by atoms with Crippen LogP contribution in [0.25, 0.3) is 10.9 Å². The van der Waals surface area contributed by atoms with Crippen molar-refractivity contribution in [3.05, 3.63) is 33.0 Å². The van der Waals surface area contributed by atoms with E-state index < -0.39 is 0 Å². The van der Waals surface area contributed by atoms with Crippen molar-refractivity contribution in [2.75, 3.05) is 19.7 Å². The number of nitrogens with one attached hydrogen (secondary N) is 1. The number of pyridine rings is 1. The van der Waals surface area contributed by atoms with Crippen LogP contribution in [0.5, 0.6) is 5.75 Å². The van der Waals surface area contributed by atoms with Crippen LogP contribution in [0.15, 0.2) is 24.4 Å². The third kappa shape index (κ3) is 3.70. The minimum Gasteiger partial charge on any atom is -0.490 e. The van der Waals surface area contributed by atoms with Crippen molar-refractivity contribution in [3.63, 3.8) is 0 Å². The first-order valence-corrected chi connectivity index (χ1v) is 7.76. The fraction of sp³-hybridized carbons (Fsp3) is 0.357. The second-order valence-electron chi connectivity index (χ2n) is 4.12. The first-order chi connectivity index (χ1) is 9.24. The predicted octanol–water partition coefficient (Wildman–Crippen LogP) is 3.87. The molecule has 0 spiro atoms. The van der Waals surface area contributed by atoms with E-state index in [0.29, 0.717) is 11.6 Å². The Labute approximate surface area is 131 Å². The van der Waals surface area contributed by atoms with Gasteiger partial charge in [0.2, 0.25) is 0 Å². The van der Waals surface area contributed by atoms with Crippen LogP contribution in [0.1, 0.15) is 13.3 Å². The van der Waals surface area contributed by atoms with Crippen LogP contribution in [-0.4, -0.2) is 24.7 Å². The molecule has 0 unspecified atom stereocenters. The van der Waals surface area contributed by atoms with Crippen molar-refractivity contribution in [1.29, 1.82) is 0 Å². The van der Waals surface area contributed by atoms with E-state index in [-0.39, 0.29) is 0 Å². The molecule has 3 nitrogen and oxygen atoms in total. The third-order valence-corrected chi connectivity index (χ3v) is 3.86. The third-order valence-electron chi connectivity index (χ3n) is 2.74. The summed E-state index contributed by atoms with van der Waals surface area (Å²) in [4.78, 5) is 4.39. The van der Waals surface area contributed by atoms with Gasteiger partial charge >= 0.3 is 0 Å². The molecule has 0 aliphatic carbocycles. The number of rotatable bonds is 6. The van der Waals surface area contributed by atoms with Crippen LogP contribution in [0.2, 0.25) is 5.02 Å². The molecule has 102 valence electrons. The first kappa shape index (κ1) is 14.8. The SMILES string of the molecule is CCNCCCOc1c(I)cc(Cl)c2cccnc12. The summed E-state index contributed by atoms with van der Waals surface area (Å²) in [6.07, 6.45) is 2.74. The van der Waals surface area contributed by atoms with Gasteiger partial charge < -0.3 is 10.1 Å². The Morgan fingerprint density at radius 3 is 3.11 bits per heavy atom. The largest absolute Gasteiger partial charge is 0.490 e. The molecular weight excluding hydrogens is 375 g/mol. The second kappa shape index (κ2) is 7.26. The lowest BCUT2D eigenvalue weighted by molar-refractivity contribution is 0.309. The maximum atomic E-state index is 6.23. The number of aromatic nitrogens is 1. The van der Waals surface area contributed by atoms with E-state index in [1.807, 2.05) is 18.2 Å². The Morgan fingerprint density at radius 2 is 2.32 bits per heavy atom. The van der Waals surface area contributed by atoms with E-state index in [1.165, 1.54) is 0 Å². The van der Waals surface area contributed by atoms with Crippen molar-refractivity contribution in [2.45, 2.75) is 13.3 Å². The van der Waals surface area contributed by atoms with Gasteiger partial charge in [0.05, 0.1) is 15.2 Å². The van der Waals surface area contributed by atoms with Gasteiger partial charge in [0.1, 0.15) is 5.52 Å². The molecule has 5 heteroatoms. The highest BCUT2D eigenvalue weighted by Gasteiger charge is 2.11. The highest BCUT2D eigenvalue weighted by molar-refractivity contribution is 14.1. The Hall–Kier alpha value is -0.590. The fourth-order valence-corrected chi connectivity index (χ4v) is 3.00. The lowest BCUT2D eigenvalue weighted by atomic mass is 10.2. The Kier molecular flexibility index (Phi) is 5.66. The smallest absolute Gasteiger partial charge is 0.158 e. The van der Waals surface area contributed by atoms with Gasteiger partial charge in [0.15, 0.2) is 5.75 Å². The molecule has 1 heterocycles. The molecule has 0 aliphatic rings. The monoisotopic (exact) mass is 390 g/mol. The zero-order chi connectivity index (χ0) is 13.7. The van der Waals surface area contributed by atoms with Crippen LogP contribution < -0.4 is 10.1 Å². The number of benzene rings is 1. The molecule has 0 fully saturated rings. The molecule has 0 bridgehead atoms. The van der Waals surface area contributed by atoms with E-state index in [9.17, 15) is 0 Å². The molecule has 0 radical (unpaired) electrons. The lowest BCUT2D eigenvalue weighted by Crippen LogP contribution is -2.16. The normalized spacial score (nSPS) is 10.9. The first-order valence-electron chi connectivity index (χ1n) is 6.30. The minimum absolute atomic E-state index is 0.677. The molecule has 1 aromatic heterocycles. The Morgan fingerprint density at radius 1 is 1.47 bits per heavy atom. The van der Waals surface area contributed by atoms with Crippen LogP contribution in [0.4, 0.5) is 0 Å². The van der Waals surface area contributed by atoms with E-state index in [2.05, 4.69) is 39.8 Å². The van der Waals surface area contributed by atoms with Crippen LogP contribution in [0, 0.1) is 3.57 Å². The van der Waals surface area contributed by atoms with Crippen molar-refractivity contribution < 1.29 is 4.74 Å². The predicted molar refractivity (Wildman–Crippen MR) is 88.1 cm³/mol. The van der Waals surface area contributed by atoms with Gasteiger partial charge in [0, 0.05) is 11.6 Å². The van der Waals surface area contributed by atoms with Crippen molar-refractivity contribution in [3.8, 4) is 5.75 Å². The van der Waals surface area contributed by atoms with Gasteiger partial charge in [-0.3, -0.25) is 4.98 Å². The number of hydrogen-bond acceptors (Lipinski definition) is 3. The molecule has 1 N–H and O–H groups in total. The van der Waals surface area contributed by atoms with Gasteiger partial charge in [-0.2, -0.15) is 0 Å². The van der Waals surface area contributed by atoms with Gasteiger partial charge in [0.25, 0.3) is 0 Å². The van der Waals surface area contributed by atoms with E-state index >= 15 is 0 Å². The number of halogens is 2. The maximum Gasteiger partial charge on any atom is 0.158 e. The summed E-state index contributed by atoms with van der Waals surface area (Å²) < 4.78 is 6.88. The number of ether oxygens (including phenoxy) is 1. The average Bonchev–Trinajstić information content (AvgIpc) is 2.42. The number of fused-ring (bicyclic) bond motifs is 1. The van der Waals surface area contributed by atoms with Crippen LogP contribution in [0.3, 0.4) is 0 Å². The standard InChI is InChI=1S/C14H16ClIN2O/c1-2-17-6-4-8-19-14-12(16)9-11(15)10-5-3-7-18-13(10)14/h3,5,7,9,17H,2,4,6,8H2,1H3. The van der Waals surface area contributed by atoms with E-state index in [1.54, 1.807) is 6.20 Å². The molecule has 0 aliphatic heterocycles. The highest BCUT2D eigenvalue weighted by atomic mass is 127. The molecule has 0 saturated heterocycles. The summed E-state index contributed by atoms with van der Waals surface area (Å²) in [7, 11) is 0. The summed E-state index contributed by atoms with van der Waals surface area (Å²) in [5.41, 5.74) is 0.836. The minimum atomic E-state index is 0.677. The second-order valence-corrected chi connectivity index (χ2v) is 5.69. The van der Waals surface area contributed by atoms with Gasteiger partial charge in [-0.25, -0.2) is 0 Å². The van der Waals surface area contributed by atoms with Crippen molar-refractivity contribution in [1.82, 2.24) is 10.3 Å². The summed E-state index contributed by atoms with van der Waals surface area (Å²) in [5.74, 6) is 0.831. The molecule has 0 atom stereocenters. The topological polar surface area (TPSA) is 34.1 Å². The molecule has 19 heavy (non-hydrogen) atoms. The molecule has 2 aromatic rings. The fourth-order valence-electron chi connectivity index (χ4n) is 1.83. The molecule has 2 rings (SSSR count). The molecular formula is C14H16ClIN2O. The quantitative estimate of drug-likeness (QED) is 0.600. The molecule has 0 saturated carbocycles. The summed E-state index contributed by atoms with van der Waals surface area (Å²) in [6, 6.07) is 5.77. The zero-order valence-electron chi connectivity index (χ0n) is 10.7. The summed E-state index contributed by atoms with van der Waals surface area (Å²) in [5, 5.41) is 4.93. The van der Waals surface area contributed by atoms with Crippen LogP contribution in [-0.2, 0) is 0 Å².